The molecule has 0 aliphatic rings. The van der Waals surface area contributed by atoms with E-state index in [2.05, 4.69) is 53.8 Å². The maximum absolute atomic E-state index is 5.25. The second-order valence-corrected chi connectivity index (χ2v) is 4.80. The molecule has 2 heteroatoms. The zero-order valence-electron chi connectivity index (χ0n) is 11.9. The molecule has 0 aliphatic carbocycles. The van der Waals surface area contributed by atoms with Crippen LogP contribution in [-0.2, 0) is 0 Å². The first kappa shape index (κ1) is 13.3. The highest BCUT2D eigenvalue weighted by molar-refractivity contribution is 5.71. The fourth-order valence-electron chi connectivity index (χ4n) is 2.27. The molecule has 0 saturated heterocycles. The molecule has 0 radical (unpaired) electrons. The summed E-state index contributed by atoms with van der Waals surface area (Å²) in [6.07, 6.45) is 0. The standard InChI is InChI=1S/C19H17NO/c1-21-19-12-6-11-18(14-19)20-17-10-5-9-16(13-17)15-7-3-2-4-8-15/h2-14,20H,1H3. The summed E-state index contributed by atoms with van der Waals surface area (Å²) in [6.45, 7) is 0. The summed E-state index contributed by atoms with van der Waals surface area (Å²) in [4.78, 5) is 0. The molecule has 0 bridgehead atoms. The third-order valence-corrected chi connectivity index (χ3v) is 3.33. The van der Waals surface area contributed by atoms with Gasteiger partial charge in [-0.3, -0.25) is 0 Å². The summed E-state index contributed by atoms with van der Waals surface area (Å²) in [6, 6.07) is 26.7. The Kier molecular flexibility index (Phi) is 3.88. The summed E-state index contributed by atoms with van der Waals surface area (Å²) in [7, 11) is 1.68. The van der Waals surface area contributed by atoms with Gasteiger partial charge in [-0.15, -0.1) is 0 Å². The monoisotopic (exact) mass is 275 g/mol. The van der Waals surface area contributed by atoms with E-state index in [0.29, 0.717) is 0 Å². The van der Waals surface area contributed by atoms with Crippen LogP contribution in [0.3, 0.4) is 0 Å². The molecule has 3 aromatic carbocycles. The van der Waals surface area contributed by atoms with Gasteiger partial charge in [-0.2, -0.15) is 0 Å². The summed E-state index contributed by atoms with van der Waals surface area (Å²) < 4.78 is 5.25. The van der Waals surface area contributed by atoms with Gasteiger partial charge in [0, 0.05) is 17.4 Å². The summed E-state index contributed by atoms with van der Waals surface area (Å²) >= 11 is 0. The van der Waals surface area contributed by atoms with Crippen LogP contribution in [0.15, 0.2) is 78.9 Å². The van der Waals surface area contributed by atoms with E-state index >= 15 is 0 Å². The minimum absolute atomic E-state index is 0.846. The number of hydrogen-bond donors (Lipinski definition) is 1. The Morgan fingerprint density at radius 3 is 2.10 bits per heavy atom. The highest BCUT2D eigenvalue weighted by Crippen LogP contribution is 2.25. The lowest BCUT2D eigenvalue weighted by Gasteiger charge is -2.10. The molecule has 104 valence electrons. The molecule has 21 heavy (non-hydrogen) atoms. The van der Waals surface area contributed by atoms with Gasteiger partial charge in [0.15, 0.2) is 0 Å². The molecular weight excluding hydrogens is 258 g/mol. The van der Waals surface area contributed by atoms with Crippen LogP contribution in [-0.4, -0.2) is 7.11 Å². The van der Waals surface area contributed by atoms with Gasteiger partial charge in [-0.05, 0) is 35.4 Å². The third kappa shape index (κ3) is 3.23. The zero-order valence-corrected chi connectivity index (χ0v) is 11.9. The average molecular weight is 275 g/mol. The Hall–Kier alpha value is -2.74. The molecule has 0 heterocycles. The van der Waals surface area contributed by atoms with Crippen molar-refractivity contribution in [3.05, 3.63) is 78.9 Å². The van der Waals surface area contributed by atoms with Crippen LogP contribution in [0, 0.1) is 0 Å². The van der Waals surface area contributed by atoms with Crippen molar-refractivity contribution in [2.45, 2.75) is 0 Å². The average Bonchev–Trinajstić information content (AvgIpc) is 2.56. The summed E-state index contributed by atoms with van der Waals surface area (Å²) in [5.74, 6) is 0.846. The maximum Gasteiger partial charge on any atom is 0.120 e. The first-order chi connectivity index (χ1) is 10.3. The van der Waals surface area contributed by atoms with Crippen molar-refractivity contribution in [3.8, 4) is 16.9 Å². The van der Waals surface area contributed by atoms with Gasteiger partial charge in [0.2, 0.25) is 0 Å². The molecule has 0 aliphatic heterocycles. The minimum Gasteiger partial charge on any atom is -0.497 e. The zero-order chi connectivity index (χ0) is 14.5. The van der Waals surface area contributed by atoms with Crippen LogP contribution in [0.2, 0.25) is 0 Å². The SMILES string of the molecule is COc1cccc(Nc2cccc(-c3ccccc3)c2)c1. The highest BCUT2D eigenvalue weighted by atomic mass is 16.5. The van der Waals surface area contributed by atoms with Crippen LogP contribution in [0.5, 0.6) is 5.75 Å². The Balaban J connectivity index is 1.86. The number of anilines is 2. The number of benzene rings is 3. The van der Waals surface area contributed by atoms with E-state index in [1.807, 2.05) is 30.3 Å². The molecule has 0 saturated carbocycles. The fraction of sp³-hybridized carbons (Fsp3) is 0.0526. The van der Waals surface area contributed by atoms with Crippen molar-refractivity contribution in [2.24, 2.45) is 0 Å². The van der Waals surface area contributed by atoms with Crippen molar-refractivity contribution in [1.29, 1.82) is 0 Å². The van der Waals surface area contributed by atoms with E-state index in [4.69, 9.17) is 4.74 Å². The van der Waals surface area contributed by atoms with Crippen molar-refractivity contribution in [1.82, 2.24) is 0 Å². The van der Waals surface area contributed by atoms with Gasteiger partial charge >= 0.3 is 0 Å². The van der Waals surface area contributed by atoms with Gasteiger partial charge in [0.05, 0.1) is 7.11 Å². The molecule has 1 N–H and O–H groups in total. The van der Waals surface area contributed by atoms with E-state index in [1.165, 1.54) is 11.1 Å². The van der Waals surface area contributed by atoms with Crippen LogP contribution in [0.1, 0.15) is 0 Å². The second kappa shape index (κ2) is 6.14. The molecule has 3 aromatic rings. The molecule has 0 aromatic heterocycles. The predicted octanol–water partition coefficient (Wildman–Crippen LogP) is 5.11. The molecule has 3 rings (SSSR count). The summed E-state index contributed by atoms with van der Waals surface area (Å²) in [5.41, 5.74) is 4.49. The van der Waals surface area contributed by atoms with E-state index in [0.717, 1.165) is 17.1 Å². The molecule has 0 spiro atoms. The number of nitrogens with one attached hydrogen (secondary N) is 1. The van der Waals surface area contributed by atoms with Gasteiger partial charge in [-0.25, -0.2) is 0 Å². The highest BCUT2D eigenvalue weighted by Gasteiger charge is 2.00. The minimum atomic E-state index is 0.846. The quantitative estimate of drug-likeness (QED) is 0.714. The molecule has 0 amide bonds. The Labute approximate surface area is 125 Å². The number of methoxy groups -OCH3 is 1. The van der Waals surface area contributed by atoms with Gasteiger partial charge in [0.25, 0.3) is 0 Å². The Morgan fingerprint density at radius 1 is 0.667 bits per heavy atom. The van der Waals surface area contributed by atoms with E-state index in [9.17, 15) is 0 Å². The molecule has 2 nitrogen and oxygen atoms in total. The molecule has 0 fully saturated rings. The van der Waals surface area contributed by atoms with Crippen LogP contribution in [0.25, 0.3) is 11.1 Å². The number of rotatable bonds is 4. The predicted molar refractivity (Wildman–Crippen MR) is 88.2 cm³/mol. The smallest absolute Gasteiger partial charge is 0.120 e. The molecular formula is C19H17NO. The summed E-state index contributed by atoms with van der Waals surface area (Å²) in [5, 5.41) is 3.41. The van der Waals surface area contributed by atoms with E-state index in [-0.39, 0.29) is 0 Å². The van der Waals surface area contributed by atoms with Gasteiger partial charge in [-0.1, -0.05) is 48.5 Å². The van der Waals surface area contributed by atoms with Crippen LogP contribution in [0.4, 0.5) is 11.4 Å². The van der Waals surface area contributed by atoms with E-state index in [1.54, 1.807) is 7.11 Å². The van der Waals surface area contributed by atoms with Crippen molar-refractivity contribution >= 4 is 11.4 Å². The topological polar surface area (TPSA) is 21.3 Å². The largest absolute Gasteiger partial charge is 0.497 e. The van der Waals surface area contributed by atoms with Crippen LogP contribution >= 0.6 is 0 Å². The first-order valence-corrected chi connectivity index (χ1v) is 6.92. The first-order valence-electron chi connectivity index (χ1n) is 6.92. The third-order valence-electron chi connectivity index (χ3n) is 3.33. The van der Waals surface area contributed by atoms with Crippen LogP contribution < -0.4 is 10.1 Å². The van der Waals surface area contributed by atoms with Crippen molar-refractivity contribution < 1.29 is 4.74 Å². The van der Waals surface area contributed by atoms with Crippen molar-refractivity contribution in [3.63, 3.8) is 0 Å². The van der Waals surface area contributed by atoms with E-state index < -0.39 is 0 Å². The lowest BCUT2D eigenvalue weighted by molar-refractivity contribution is 0.415. The molecule has 0 unspecified atom stereocenters. The normalized spacial score (nSPS) is 10.1. The number of ether oxygens (including phenoxy) is 1. The Morgan fingerprint density at radius 2 is 1.33 bits per heavy atom. The molecule has 0 atom stereocenters. The van der Waals surface area contributed by atoms with Gasteiger partial charge in [0.1, 0.15) is 5.75 Å². The Bertz CT molecular complexity index is 722. The lowest BCUT2D eigenvalue weighted by Crippen LogP contribution is -1.91. The number of hydrogen-bond acceptors (Lipinski definition) is 2. The fourth-order valence-corrected chi connectivity index (χ4v) is 2.27. The maximum atomic E-state index is 5.25. The second-order valence-electron chi connectivity index (χ2n) is 4.80. The lowest BCUT2D eigenvalue weighted by atomic mass is 10.1. The van der Waals surface area contributed by atoms with Crippen molar-refractivity contribution in [2.75, 3.05) is 12.4 Å². The van der Waals surface area contributed by atoms with Gasteiger partial charge < -0.3 is 10.1 Å².